The van der Waals surface area contributed by atoms with Gasteiger partial charge in [0.15, 0.2) is 5.65 Å². The Hall–Kier alpha value is -2.76. The van der Waals surface area contributed by atoms with Gasteiger partial charge in [0.05, 0.1) is 12.5 Å². The molecule has 1 aliphatic heterocycles. The first-order chi connectivity index (χ1) is 11.8. The molecule has 2 aromatic heterocycles. The van der Waals surface area contributed by atoms with Gasteiger partial charge in [0.25, 0.3) is 0 Å². The fourth-order valence-electron chi connectivity index (χ4n) is 3.32. The number of pyridine rings is 1. The summed E-state index contributed by atoms with van der Waals surface area (Å²) in [4.78, 5) is 7.05. The molecular weight excluding hydrogens is 302 g/mol. The van der Waals surface area contributed by atoms with Crippen molar-refractivity contribution in [2.75, 3.05) is 30.8 Å². The van der Waals surface area contributed by atoms with Crippen molar-refractivity contribution < 1.29 is 4.74 Å². The summed E-state index contributed by atoms with van der Waals surface area (Å²) in [5.41, 5.74) is 8.90. The number of anilines is 2. The molecule has 0 saturated carbocycles. The molecule has 6 nitrogen and oxygen atoms in total. The topological polar surface area (TPSA) is 80.1 Å². The number of nitrogens with one attached hydrogen (secondary N) is 1. The Labute approximate surface area is 140 Å². The fraction of sp³-hybridized carbons (Fsp3) is 0.333. The number of piperidine rings is 1. The van der Waals surface area contributed by atoms with Crippen molar-refractivity contribution in [2.24, 2.45) is 0 Å². The Morgan fingerprint density at radius 2 is 1.88 bits per heavy atom. The number of aromatic nitrogens is 3. The lowest BCUT2D eigenvalue weighted by atomic mass is 10.0. The molecule has 0 unspecified atom stereocenters. The van der Waals surface area contributed by atoms with Crippen molar-refractivity contribution >= 4 is 22.7 Å². The standard InChI is InChI=1S/C18H21N5O/c1-24-13-7-5-12(6-8-13)14-11-15(23-9-3-2-4-10-23)20-18-16(14)17(19)21-22-18/h5-8,11H,2-4,9-10H2,1H3,(H3,19,20,21,22). The Kier molecular flexibility index (Phi) is 3.72. The van der Waals surface area contributed by atoms with Crippen LogP contribution in [0, 0.1) is 0 Å². The van der Waals surface area contributed by atoms with Gasteiger partial charge in [-0.15, -0.1) is 0 Å². The zero-order chi connectivity index (χ0) is 16.5. The summed E-state index contributed by atoms with van der Waals surface area (Å²) in [5, 5.41) is 8.02. The Morgan fingerprint density at radius 1 is 1.12 bits per heavy atom. The third-order valence-corrected chi connectivity index (χ3v) is 4.62. The minimum Gasteiger partial charge on any atom is -0.497 e. The van der Waals surface area contributed by atoms with Crippen LogP contribution in [0.5, 0.6) is 5.75 Å². The average molecular weight is 323 g/mol. The van der Waals surface area contributed by atoms with Gasteiger partial charge in [-0.05, 0) is 43.0 Å². The molecule has 1 fully saturated rings. The van der Waals surface area contributed by atoms with Gasteiger partial charge in [-0.3, -0.25) is 5.10 Å². The lowest BCUT2D eigenvalue weighted by molar-refractivity contribution is 0.415. The van der Waals surface area contributed by atoms with Gasteiger partial charge in [0.1, 0.15) is 17.4 Å². The van der Waals surface area contributed by atoms with Crippen LogP contribution in [0.2, 0.25) is 0 Å². The number of hydrogen-bond acceptors (Lipinski definition) is 5. The highest BCUT2D eigenvalue weighted by atomic mass is 16.5. The summed E-state index contributed by atoms with van der Waals surface area (Å²) in [6.07, 6.45) is 3.71. The van der Waals surface area contributed by atoms with Gasteiger partial charge in [-0.2, -0.15) is 5.10 Å². The van der Waals surface area contributed by atoms with E-state index in [9.17, 15) is 0 Å². The molecule has 1 aromatic carbocycles. The lowest BCUT2D eigenvalue weighted by Crippen LogP contribution is -2.30. The molecule has 24 heavy (non-hydrogen) atoms. The highest BCUT2D eigenvalue weighted by Gasteiger charge is 2.18. The van der Waals surface area contributed by atoms with Gasteiger partial charge < -0.3 is 15.4 Å². The molecule has 4 rings (SSSR count). The number of nitrogens with two attached hydrogens (primary N) is 1. The van der Waals surface area contributed by atoms with E-state index in [-0.39, 0.29) is 0 Å². The van der Waals surface area contributed by atoms with Gasteiger partial charge >= 0.3 is 0 Å². The number of benzene rings is 1. The molecular formula is C18H21N5O. The number of methoxy groups -OCH3 is 1. The summed E-state index contributed by atoms with van der Waals surface area (Å²) < 4.78 is 5.26. The van der Waals surface area contributed by atoms with E-state index in [2.05, 4.69) is 21.2 Å². The predicted molar refractivity (Wildman–Crippen MR) is 96.4 cm³/mol. The maximum Gasteiger partial charge on any atom is 0.185 e. The van der Waals surface area contributed by atoms with E-state index in [1.807, 2.05) is 24.3 Å². The van der Waals surface area contributed by atoms with E-state index in [0.29, 0.717) is 11.5 Å². The van der Waals surface area contributed by atoms with E-state index in [1.54, 1.807) is 7.11 Å². The van der Waals surface area contributed by atoms with Gasteiger partial charge in [-0.1, -0.05) is 12.1 Å². The first kappa shape index (κ1) is 14.8. The van der Waals surface area contributed by atoms with Crippen molar-refractivity contribution in [3.63, 3.8) is 0 Å². The second-order valence-corrected chi connectivity index (χ2v) is 6.14. The van der Waals surface area contributed by atoms with Crippen LogP contribution in [0.25, 0.3) is 22.2 Å². The minimum absolute atomic E-state index is 0.550. The van der Waals surface area contributed by atoms with Crippen LogP contribution in [0.1, 0.15) is 19.3 Å². The normalized spacial score (nSPS) is 15.0. The third kappa shape index (κ3) is 2.54. The molecule has 0 atom stereocenters. The number of fused-ring (bicyclic) bond motifs is 1. The van der Waals surface area contributed by atoms with Crippen LogP contribution < -0.4 is 15.4 Å². The van der Waals surface area contributed by atoms with Crippen LogP contribution in [0.3, 0.4) is 0 Å². The quantitative estimate of drug-likeness (QED) is 0.773. The van der Waals surface area contributed by atoms with Crippen molar-refractivity contribution in [3.05, 3.63) is 30.3 Å². The molecule has 1 saturated heterocycles. The average Bonchev–Trinajstić information content (AvgIpc) is 3.03. The summed E-state index contributed by atoms with van der Waals surface area (Å²) >= 11 is 0. The number of aromatic amines is 1. The number of rotatable bonds is 3. The maximum absolute atomic E-state index is 6.10. The minimum atomic E-state index is 0.550. The van der Waals surface area contributed by atoms with E-state index < -0.39 is 0 Å². The monoisotopic (exact) mass is 323 g/mol. The molecule has 0 bridgehead atoms. The van der Waals surface area contributed by atoms with E-state index >= 15 is 0 Å². The zero-order valence-electron chi connectivity index (χ0n) is 13.7. The lowest BCUT2D eigenvalue weighted by Gasteiger charge is -2.28. The molecule has 0 amide bonds. The van der Waals surface area contributed by atoms with E-state index in [4.69, 9.17) is 15.5 Å². The molecule has 6 heteroatoms. The molecule has 1 aliphatic rings. The number of nitrogen functional groups attached to an aromatic ring is 1. The predicted octanol–water partition coefficient (Wildman–Crippen LogP) is 3.21. The highest BCUT2D eigenvalue weighted by Crippen LogP contribution is 2.34. The van der Waals surface area contributed by atoms with Gasteiger partial charge in [-0.25, -0.2) is 4.98 Å². The second kappa shape index (κ2) is 6.03. The third-order valence-electron chi connectivity index (χ3n) is 4.62. The van der Waals surface area contributed by atoms with Gasteiger partial charge in [0, 0.05) is 18.7 Å². The molecule has 0 spiro atoms. The molecule has 3 heterocycles. The first-order valence-corrected chi connectivity index (χ1v) is 8.30. The van der Waals surface area contributed by atoms with Crippen molar-refractivity contribution in [1.82, 2.24) is 15.2 Å². The van der Waals surface area contributed by atoms with Crippen LogP contribution >= 0.6 is 0 Å². The number of nitrogens with zero attached hydrogens (tertiary/aromatic N) is 3. The molecule has 3 N–H and O–H groups in total. The van der Waals surface area contributed by atoms with Crippen molar-refractivity contribution in [3.8, 4) is 16.9 Å². The Bertz CT molecular complexity index is 850. The Morgan fingerprint density at radius 3 is 2.58 bits per heavy atom. The van der Waals surface area contributed by atoms with Crippen LogP contribution in [0.4, 0.5) is 11.6 Å². The van der Waals surface area contributed by atoms with Gasteiger partial charge in [0.2, 0.25) is 0 Å². The number of hydrogen-bond donors (Lipinski definition) is 2. The Balaban J connectivity index is 1.85. The van der Waals surface area contributed by atoms with Crippen LogP contribution in [-0.4, -0.2) is 35.4 Å². The van der Waals surface area contributed by atoms with Crippen molar-refractivity contribution in [2.45, 2.75) is 19.3 Å². The smallest absolute Gasteiger partial charge is 0.185 e. The molecule has 0 aliphatic carbocycles. The van der Waals surface area contributed by atoms with Crippen molar-refractivity contribution in [1.29, 1.82) is 0 Å². The summed E-state index contributed by atoms with van der Waals surface area (Å²) in [6, 6.07) is 10.1. The highest BCUT2D eigenvalue weighted by molar-refractivity contribution is 6.01. The van der Waals surface area contributed by atoms with Crippen LogP contribution in [0.15, 0.2) is 30.3 Å². The number of ether oxygens (including phenoxy) is 1. The number of H-pyrrole nitrogens is 1. The molecule has 0 radical (unpaired) electrons. The SMILES string of the molecule is COc1ccc(-c2cc(N3CCCCC3)nc3n[nH]c(N)c23)cc1. The summed E-state index contributed by atoms with van der Waals surface area (Å²) in [6.45, 7) is 2.08. The van der Waals surface area contributed by atoms with E-state index in [0.717, 1.165) is 41.2 Å². The molecule has 124 valence electrons. The maximum atomic E-state index is 6.10. The van der Waals surface area contributed by atoms with Crippen LogP contribution in [-0.2, 0) is 0 Å². The summed E-state index contributed by atoms with van der Waals surface area (Å²) in [5.74, 6) is 2.36. The molecule has 3 aromatic rings. The largest absolute Gasteiger partial charge is 0.497 e. The second-order valence-electron chi connectivity index (χ2n) is 6.14. The van der Waals surface area contributed by atoms with E-state index in [1.165, 1.54) is 19.3 Å². The first-order valence-electron chi connectivity index (χ1n) is 8.30. The zero-order valence-corrected chi connectivity index (χ0v) is 13.7. The summed E-state index contributed by atoms with van der Waals surface area (Å²) in [7, 11) is 1.67. The fourth-order valence-corrected chi connectivity index (χ4v) is 3.32.